The Morgan fingerprint density at radius 2 is 1.93 bits per heavy atom. The lowest BCUT2D eigenvalue weighted by Gasteiger charge is -2.35. The Morgan fingerprint density at radius 1 is 1.17 bits per heavy atom. The summed E-state index contributed by atoms with van der Waals surface area (Å²) < 4.78 is 7.27. The lowest BCUT2D eigenvalue weighted by Crippen LogP contribution is -2.47. The zero-order valence-corrected chi connectivity index (χ0v) is 17.8. The standard InChI is InChI=1S/C20H23N5O2.2ClH/c1-27-13-20(8-10-21-11-9-20)19(26)24-15-6-7-18(22-12-15)25-14-23-16-4-2-3-5-17(16)25;;/h2-7,12,14,21H,8-11,13H2,1H3,(H,24,26);2*1H. The first-order valence-corrected chi connectivity index (χ1v) is 9.11. The van der Waals surface area contributed by atoms with E-state index >= 15 is 0 Å². The average molecular weight is 438 g/mol. The summed E-state index contributed by atoms with van der Waals surface area (Å²) in [4.78, 5) is 21.8. The van der Waals surface area contributed by atoms with E-state index in [1.54, 1.807) is 19.6 Å². The molecule has 0 atom stereocenters. The summed E-state index contributed by atoms with van der Waals surface area (Å²) in [5.41, 5.74) is 2.11. The Labute approximate surface area is 182 Å². The highest BCUT2D eigenvalue weighted by Crippen LogP contribution is 2.31. The Hall–Kier alpha value is -2.19. The number of rotatable bonds is 5. The van der Waals surface area contributed by atoms with Crippen LogP contribution in [0.4, 0.5) is 5.69 Å². The van der Waals surface area contributed by atoms with E-state index in [1.165, 1.54) is 0 Å². The number of ether oxygens (including phenoxy) is 1. The van der Waals surface area contributed by atoms with Crippen LogP contribution in [0.3, 0.4) is 0 Å². The van der Waals surface area contributed by atoms with Crippen molar-refractivity contribution in [3.8, 4) is 5.82 Å². The summed E-state index contributed by atoms with van der Waals surface area (Å²) in [6.07, 6.45) is 4.97. The number of carbonyl (C=O) groups excluding carboxylic acids is 1. The molecule has 0 bridgehead atoms. The summed E-state index contributed by atoms with van der Waals surface area (Å²) in [6, 6.07) is 11.7. The minimum Gasteiger partial charge on any atom is -0.384 e. The number of fused-ring (bicyclic) bond motifs is 1. The number of anilines is 1. The van der Waals surface area contributed by atoms with E-state index in [0.29, 0.717) is 12.3 Å². The van der Waals surface area contributed by atoms with Crippen molar-refractivity contribution < 1.29 is 9.53 Å². The monoisotopic (exact) mass is 437 g/mol. The molecule has 0 unspecified atom stereocenters. The number of methoxy groups -OCH3 is 1. The molecule has 29 heavy (non-hydrogen) atoms. The van der Waals surface area contributed by atoms with Crippen molar-refractivity contribution in [2.45, 2.75) is 12.8 Å². The Bertz CT molecular complexity index is 934. The van der Waals surface area contributed by atoms with Gasteiger partial charge in [-0.3, -0.25) is 9.36 Å². The number of nitrogens with zero attached hydrogens (tertiary/aromatic N) is 3. The number of hydrogen-bond donors (Lipinski definition) is 2. The number of nitrogens with one attached hydrogen (secondary N) is 2. The van der Waals surface area contributed by atoms with Crippen LogP contribution in [0.5, 0.6) is 0 Å². The predicted molar refractivity (Wildman–Crippen MR) is 118 cm³/mol. The highest BCUT2D eigenvalue weighted by molar-refractivity contribution is 5.95. The molecule has 0 spiro atoms. The van der Waals surface area contributed by atoms with Crippen molar-refractivity contribution >= 4 is 47.4 Å². The van der Waals surface area contributed by atoms with Crippen LogP contribution >= 0.6 is 24.8 Å². The minimum absolute atomic E-state index is 0. The largest absolute Gasteiger partial charge is 0.384 e. The molecule has 0 saturated carbocycles. The molecule has 3 aromatic rings. The van der Waals surface area contributed by atoms with Gasteiger partial charge in [-0.05, 0) is 50.2 Å². The molecule has 7 nitrogen and oxygen atoms in total. The van der Waals surface area contributed by atoms with Crippen molar-refractivity contribution in [2.75, 3.05) is 32.1 Å². The fraction of sp³-hybridized carbons (Fsp3) is 0.350. The van der Waals surface area contributed by atoms with E-state index < -0.39 is 5.41 Å². The van der Waals surface area contributed by atoms with Gasteiger partial charge >= 0.3 is 0 Å². The van der Waals surface area contributed by atoms with Crippen molar-refractivity contribution in [3.05, 3.63) is 48.9 Å². The van der Waals surface area contributed by atoms with Gasteiger partial charge in [-0.15, -0.1) is 24.8 Å². The van der Waals surface area contributed by atoms with Crippen molar-refractivity contribution in [2.24, 2.45) is 5.41 Å². The summed E-state index contributed by atoms with van der Waals surface area (Å²) in [7, 11) is 1.64. The molecule has 2 aromatic heterocycles. The van der Waals surface area contributed by atoms with Crippen LogP contribution in [0, 0.1) is 5.41 Å². The Morgan fingerprint density at radius 3 is 2.62 bits per heavy atom. The number of para-hydroxylation sites is 2. The van der Waals surface area contributed by atoms with Crippen LogP contribution in [0.2, 0.25) is 0 Å². The third kappa shape index (κ3) is 4.70. The Balaban J connectivity index is 0.00000150. The number of halogens is 2. The average Bonchev–Trinajstić information content (AvgIpc) is 3.14. The van der Waals surface area contributed by atoms with Crippen LogP contribution in [-0.2, 0) is 9.53 Å². The molecule has 1 aliphatic rings. The first kappa shape index (κ1) is 23.1. The molecule has 3 heterocycles. The fourth-order valence-corrected chi connectivity index (χ4v) is 3.63. The van der Waals surface area contributed by atoms with Gasteiger partial charge in [0.05, 0.1) is 34.9 Å². The molecule has 0 aliphatic carbocycles. The highest BCUT2D eigenvalue weighted by Gasteiger charge is 2.39. The molecule has 9 heteroatoms. The number of benzene rings is 1. The SMILES string of the molecule is COCC1(C(=O)Nc2ccc(-n3cnc4ccccc43)nc2)CCNCC1.Cl.Cl. The number of hydrogen-bond acceptors (Lipinski definition) is 5. The lowest BCUT2D eigenvalue weighted by molar-refractivity contribution is -0.130. The second-order valence-corrected chi connectivity index (χ2v) is 6.93. The van der Waals surface area contributed by atoms with Crippen LogP contribution in [0.25, 0.3) is 16.9 Å². The van der Waals surface area contributed by atoms with Gasteiger partial charge in [0.25, 0.3) is 0 Å². The topological polar surface area (TPSA) is 81.1 Å². The quantitative estimate of drug-likeness (QED) is 0.640. The summed E-state index contributed by atoms with van der Waals surface area (Å²) in [5, 5.41) is 6.31. The summed E-state index contributed by atoms with van der Waals surface area (Å²) >= 11 is 0. The number of amides is 1. The highest BCUT2D eigenvalue weighted by atomic mass is 35.5. The number of imidazole rings is 1. The van der Waals surface area contributed by atoms with E-state index in [0.717, 1.165) is 42.8 Å². The Kier molecular flexibility index (Phi) is 7.98. The van der Waals surface area contributed by atoms with Crippen molar-refractivity contribution in [1.82, 2.24) is 19.9 Å². The first-order valence-electron chi connectivity index (χ1n) is 9.11. The third-order valence-electron chi connectivity index (χ3n) is 5.17. The second-order valence-electron chi connectivity index (χ2n) is 6.93. The van der Waals surface area contributed by atoms with E-state index in [4.69, 9.17) is 4.74 Å². The molecule has 1 saturated heterocycles. The molecule has 0 radical (unpaired) electrons. The van der Waals surface area contributed by atoms with E-state index in [-0.39, 0.29) is 30.7 Å². The summed E-state index contributed by atoms with van der Waals surface area (Å²) in [6.45, 7) is 2.07. The van der Waals surface area contributed by atoms with Gasteiger partial charge in [-0.1, -0.05) is 12.1 Å². The molecule has 156 valence electrons. The molecule has 4 rings (SSSR count). The molecule has 1 amide bonds. The van der Waals surface area contributed by atoms with Gasteiger partial charge in [0.2, 0.25) is 5.91 Å². The van der Waals surface area contributed by atoms with Crippen molar-refractivity contribution in [1.29, 1.82) is 0 Å². The number of piperidine rings is 1. The predicted octanol–water partition coefficient (Wildman–Crippen LogP) is 3.22. The van der Waals surface area contributed by atoms with Gasteiger partial charge in [0, 0.05) is 7.11 Å². The maximum Gasteiger partial charge on any atom is 0.233 e. The molecule has 1 aromatic carbocycles. The molecule has 1 fully saturated rings. The lowest BCUT2D eigenvalue weighted by atomic mass is 9.78. The van der Waals surface area contributed by atoms with Crippen LogP contribution in [0.1, 0.15) is 12.8 Å². The van der Waals surface area contributed by atoms with Crippen LogP contribution in [0.15, 0.2) is 48.9 Å². The maximum absolute atomic E-state index is 12.9. The van der Waals surface area contributed by atoms with Gasteiger partial charge in [0.15, 0.2) is 0 Å². The molecular weight excluding hydrogens is 413 g/mol. The number of aromatic nitrogens is 3. The molecule has 2 N–H and O–H groups in total. The third-order valence-corrected chi connectivity index (χ3v) is 5.17. The molecule has 1 aliphatic heterocycles. The zero-order valence-electron chi connectivity index (χ0n) is 16.1. The van der Waals surface area contributed by atoms with Gasteiger partial charge < -0.3 is 15.4 Å². The van der Waals surface area contributed by atoms with E-state index in [1.807, 2.05) is 41.0 Å². The smallest absolute Gasteiger partial charge is 0.233 e. The van der Waals surface area contributed by atoms with E-state index in [9.17, 15) is 4.79 Å². The van der Waals surface area contributed by atoms with Gasteiger partial charge in [-0.25, -0.2) is 9.97 Å². The zero-order chi connectivity index (χ0) is 18.7. The van der Waals surface area contributed by atoms with E-state index in [2.05, 4.69) is 20.6 Å². The van der Waals surface area contributed by atoms with Crippen LogP contribution < -0.4 is 10.6 Å². The maximum atomic E-state index is 12.9. The summed E-state index contributed by atoms with van der Waals surface area (Å²) in [5.74, 6) is 0.753. The fourth-order valence-electron chi connectivity index (χ4n) is 3.63. The molecular formula is C20H25Cl2N5O2. The van der Waals surface area contributed by atoms with Gasteiger partial charge in [0.1, 0.15) is 12.1 Å². The second kappa shape index (κ2) is 10.0. The van der Waals surface area contributed by atoms with Crippen molar-refractivity contribution in [3.63, 3.8) is 0 Å². The normalized spacial score (nSPS) is 15.2. The number of pyridine rings is 1. The van der Waals surface area contributed by atoms with Gasteiger partial charge in [-0.2, -0.15) is 0 Å². The van der Waals surface area contributed by atoms with Crippen LogP contribution in [-0.4, -0.2) is 47.2 Å². The minimum atomic E-state index is -0.487. The number of carbonyl (C=O) groups is 1. The first-order chi connectivity index (χ1) is 13.2.